The third kappa shape index (κ3) is 1.85. The summed E-state index contributed by atoms with van der Waals surface area (Å²) in [7, 11) is 1.44. The molecule has 0 atom stereocenters. The van der Waals surface area contributed by atoms with Crippen LogP contribution in [-0.4, -0.2) is 23.3 Å². The lowest BCUT2D eigenvalue weighted by Crippen LogP contribution is -2.02. The van der Waals surface area contributed by atoms with Crippen molar-refractivity contribution in [1.82, 2.24) is 0 Å². The van der Waals surface area contributed by atoms with Gasteiger partial charge in [-0.1, -0.05) is 6.58 Å². The summed E-state index contributed by atoms with van der Waals surface area (Å²) < 4.78 is 4.87. The summed E-state index contributed by atoms with van der Waals surface area (Å²) in [6.07, 6.45) is 0. The third-order valence-corrected chi connectivity index (χ3v) is 1.77. The van der Waals surface area contributed by atoms with E-state index >= 15 is 0 Å². The predicted molar refractivity (Wildman–Crippen MR) is 51.6 cm³/mol. The first-order valence-electron chi connectivity index (χ1n) is 3.86. The Labute approximate surface area is 81.1 Å². The second-order valence-corrected chi connectivity index (χ2v) is 2.66. The molecule has 74 valence electrons. The van der Waals surface area contributed by atoms with Crippen molar-refractivity contribution in [2.45, 2.75) is 0 Å². The molecule has 4 nitrogen and oxygen atoms in total. The fourth-order valence-electron chi connectivity index (χ4n) is 1.08. The zero-order chi connectivity index (χ0) is 10.7. The van der Waals surface area contributed by atoms with Gasteiger partial charge in [-0.3, -0.25) is 0 Å². The Hall–Kier alpha value is -1.97. The molecule has 0 aliphatic carbocycles. The molecule has 0 bridgehead atoms. The molecule has 0 aliphatic rings. The molecule has 0 spiro atoms. The third-order valence-electron chi connectivity index (χ3n) is 1.77. The molecule has 2 N–H and O–H groups in total. The number of carboxylic acids is 1. The minimum Gasteiger partial charge on any atom is -0.508 e. The number of rotatable bonds is 3. The molecule has 0 unspecified atom stereocenters. The second kappa shape index (κ2) is 3.83. The number of carboxylic acid groups (broad SMARTS) is 1. The molecule has 0 saturated heterocycles. The summed E-state index contributed by atoms with van der Waals surface area (Å²) in [5.41, 5.74) is 0.162. The molecule has 1 aromatic carbocycles. The molecule has 1 rings (SSSR count). The van der Waals surface area contributed by atoms with Gasteiger partial charge >= 0.3 is 5.97 Å². The van der Waals surface area contributed by atoms with Crippen LogP contribution in [0.2, 0.25) is 0 Å². The van der Waals surface area contributed by atoms with Gasteiger partial charge in [0, 0.05) is 5.56 Å². The largest absolute Gasteiger partial charge is 0.508 e. The van der Waals surface area contributed by atoms with E-state index in [9.17, 15) is 4.79 Å². The van der Waals surface area contributed by atoms with E-state index in [1.54, 1.807) is 6.07 Å². The topological polar surface area (TPSA) is 66.8 Å². The van der Waals surface area contributed by atoms with E-state index in [0.29, 0.717) is 5.75 Å². The van der Waals surface area contributed by atoms with Crippen LogP contribution in [0.5, 0.6) is 5.75 Å². The first-order chi connectivity index (χ1) is 6.56. The minimum absolute atomic E-state index is 0.0307. The maximum Gasteiger partial charge on any atom is 0.336 e. The molecular formula is C10H10O4. The normalized spacial score (nSPS) is 9.50. The SMILES string of the molecule is C=C(O)c1ccc(OC)cc1C(=O)O. The molecule has 0 aromatic heterocycles. The minimum atomic E-state index is -1.13. The molecule has 4 heteroatoms. The Morgan fingerprint density at radius 3 is 2.43 bits per heavy atom. The van der Waals surface area contributed by atoms with Crippen molar-refractivity contribution >= 4 is 11.7 Å². The van der Waals surface area contributed by atoms with Crippen LogP contribution >= 0.6 is 0 Å². The average molecular weight is 194 g/mol. The van der Waals surface area contributed by atoms with Gasteiger partial charge in [0.1, 0.15) is 11.5 Å². The molecular weight excluding hydrogens is 184 g/mol. The maximum atomic E-state index is 10.8. The van der Waals surface area contributed by atoms with Gasteiger partial charge in [0.05, 0.1) is 12.7 Å². The summed E-state index contributed by atoms with van der Waals surface area (Å²) in [5.74, 6) is -0.980. The van der Waals surface area contributed by atoms with Gasteiger partial charge in [0.2, 0.25) is 0 Å². The van der Waals surface area contributed by atoms with Crippen molar-refractivity contribution in [3.63, 3.8) is 0 Å². The van der Waals surface area contributed by atoms with Crippen LogP contribution < -0.4 is 4.74 Å². The molecule has 0 saturated carbocycles. The van der Waals surface area contributed by atoms with E-state index in [1.165, 1.54) is 19.2 Å². The van der Waals surface area contributed by atoms with Crippen molar-refractivity contribution in [3.8, 4) is 5.75 Å². The van der Waals surface area contributed by atoms with Crippen molar-refractivity contribution < 1.29 is 19.7 Å². The summed E-state index contributed by atoms with van der Waals surface area (Å²) in [6.45, 7) is 3.28. The smallest absolute Gasteiger partial charge is 0.336 e. The summed E-state index contributed by atoms with van der Waals surface area (Å²) >= 11 is 0. The van der Waals surface area contributed by atoms with Gasteiger partial charge in [0.15, 0.2) is 0 Å². The van der Waals surface area contributed by atoms with Gasteiger partial charge in [-0.05, 0) is 18.2 Å². The predicted octanol–water partition coefficient (Wildman–Crippen LogP) is 1.92. The Kier molecular flexibility index (Phi) is 2.76. The van der Waals surface area contributed by atoms with Crippen LogP contribution in [0.3, 0.4) is 0 Å². The molecule has 0 fully saturated rings. The number of aliphatic hydroxyl groups excluding tert-OH is 1. The van der Waals surface area contributed by atoms with Gasteiger partial charge in [-0.25, -0.2) is 4.79 Å². The van der Waals surface area contributed by atoms with Crippen LogP contribution in [0, 0.1) is 0 Å². The summed E-state index contributed by atoms with van der Waals surface area (Å²) in [5, 5.41) is 17.9. The molecule has 0 heterocycles. The Bertz CT molecular complexity index is 382. The van der Waals surface area contributed by atoms with Gasteiger partial charge < -0.3 is 14.9 Å². The number of hydrogen-bond donors (Lipinski definition) is 2. The molecule has 0 radical (unpaired) electrons. The van der Waals surface area contributed by atoms with E-state index < -0.39 is 5.97 Å². The van der Waals surface area contributed by atoms with Crippen LogP contribution in [0.4, 0.5) is 0 Å². The highest BCUT2D eigenvalue weighted by molar-refractivity contribution is 5.93. The number of ether oxygens (including phenoxy) is 1. The lowest BCUT2D eigenvalue weighted by atomic mass is 10.1. The zero-order valence-corrected chi connectivity index (χ0v) is 7.65. The second-order valence-electron chi connectivity index (χ2n) is 2.66. The highest BCUT2D eigenvalue weighted by Gasteiger charge is 2.12. The first-order valence-corrected chi connectivity index (χ1v) is 3.86. The average Bonchev–Trinajstić information content (AvgIpc) is 2.16. The van der Waals surface area contributed by atoms with Crippen molar-refractivity contribution in [2.24, 2.45) is 0 Å². The van der Waals surface area contributed by atoms with Crippen LogP contribution in [-0.2, 0) is 0 Å². The van der Waals surface area contributed by atoms with Crippen molar-refractivity contribution in [2.75, 3.05) is 7.11 Å². The molecule has 0 amide bonds. The standard InChI is InChI=1S/C10H10O4/c1-6(11)8-4-3-7(14-2)5-9(8)10(12)13/h3-5,11H,1H2,2H3,(H,12,13). The maximum absolute atomic E-state index is 10.8. The van der Waals surface area contributed by atoms with E-state index in [4.69, 9.17) is 14.9 Å². The lowest BCUT2D eigenvalue weighted by molar-refractivity contribution is 0.0695. The van der Waals surface area contributed by atoms with E-state index in [2.05, 4.69) is 6.58 Å². The van der Waals surface area contributed by atoms with E-state index in [1.807, 2.05) is 0 Å². The Balaban J connectivity index is 3.31. The monoisotopic (exact) mass is 194 g/mol. The Morgan fingerprint density at radius 1 is 1.36 bits per heavy atom. The molecule has 14 heavy (non-hydrogen) atoms. The number of methoxy groups -OCH3 is 1. The van der Waals surface area contributed by atoms with Gasteiger partial charge in [-0.2, -0.15) is 0 Å². The highest BCUT2D eigenvalue weighted by atomic mass is 16.5. The molecule has 1 aromatic rings. The van der Waals surface area contributed by atoms with Crippen LogP contribution in [0.15, 0.2) is 24.8 Å². The fraction of sp³-hybridized carbons (Fsp3) is 0.100. The molecule has 0 aliphatic heterocycles. The summed E-state index contributed by atoms with van der Waals surface area (Å²) in [4.78, 5) is 10.8. The van der Waals surface area contributed by atoms with E-state index in [0.717, 1.165) is 0 Å². The zero-order valence-electron chi connectivity index (χ0n) is 7.65. The number of aromatic carboxylic acids is 1. The number of aliphatic hydroxyl groups is 1. The Morgan fingerprint density at radius 2 is 2.00 bits per heavy atom. The lowest BCUT2D eigenvalue weighted by Gasteiger charge is -2.06. The first kappa shape index (κ1) is 10.1. The van der Waals surface area contributed by atoms with Gasteiger partial charge in [0.25, 0.3) is 0 Å². The van der Waals surface area contributed by atoms with Crippen molar-refractivity contribution in [3.05, 3.63) is 35.9 Å². The van der Waals surface area contributed by atoms with E-state index in [-0.39, 0.29) is 16.9 Å². The number of benzene rings is 1. The number of hydrogen-bond acceptors (Lipinski definition) is 3. The fourth-order valence-corrected chi connectivity index (χ4v) is 1.08. The number of carbonyl (C=O) groups is 1. The van der Waals surface area contributed by atoms with Crippen molar-refractivity contribution in [1.29, 1.82) is 0 Å². The summed E-state index contributed by atoms with van der Waals surface area (Å²) in [6, 6.07) is 4.34. The quantitative estimate of drug-likeness (QED) is 0.721. The van der Waals surface area contributed by atoms with Gasteiger partial charge in [-0.15, -0.1) is 0 Å². The van der Waals surface area contributed by atoms with Crippen LogP contribution in [0.1, 0.15) is 15.9 Å². The van der Waals surface area contributed by atoms with Crippen LogP contribution in [0.25, 0.3) is 5.76 Å². The highest BCUT2D eigenvalue weighted by Crippen LogP contribution is 2.21.